The largest absolute Gasteiger partial charge is 0.359 e. The Hall–Kier alpha value is -2.48. The molecular weight excluding hydrogens is 399 g/mol. The average Bonchev–Trinajstić information content (AvgIpc) is 3.03. The normalized spacial score (nSPS) is 17.0. The van der Waals surface area contributed by atoms with Crippen LogP contribution in [0.3, 0.4) is 0 Å². The van der Waals surface area contributed by atoms with Crippen LogP contribution in [0.15, 0.2) is 36.7 Å². The quantitative estimate of drug-likeness (QED) is 0.510. The Morgan fingerprint density at radius 1 is 1.29 bits per heavy atom. The number of aromatic amines is 1. The van der Waals surface area contributed by atoms with E-state index < -0.39 is 0 Å². The molecule has 1 aliphatic rings. The predicted molar refractivity (Wildman–Crippen MR) is 115 cm³/mol. The molecule has 1 unspecified atom stereocenters. The maximum atomic E-state index is 12.4. The Bertz CT molecular complexity index is 1020. The third-order valence-electron chi connectivity index (χ3n) is 4.64. The SMILES string of the molecule is CC1CN(c2ncc(NC(=O)Nc3c[nH]c4ccc(Cl)cc34)cc2Cl)CCN1. The highest BCUT2D eigenvalue weighted by Crippen LogP contribution is 2.28. The monoisotopic (exact) mass is 418 g/mol. The minimum Gasteiger partial charge on any atom is -0.359 e. The summed E-state index contributed by atoms with van der Waals surface area (Å²) < 4.78 is 0. The van der Waals surface area contributed by atoms with Crippen LogP contribution in [-0.4, -0.2) is 41.7 Å². The van der Waals surface area contributed by atoms with E-state index in [0.717, 1.165) is 36.4 Å². The molecule has 2 amide bonds. The minimum atomic E-state index is -0.387. The molecule has 2 aromatic heterocycles. The molecule has 1 aliphatic heterocycles. The van der Waals surface area contributed by atoms with E-state index in [0.29, 0.717) is 27.5 Å². The zero-order chi connectivity index (χ0) is 19.7. The summed E-state index contributed by atoms with van der Waals surface area (Å²) in [7, 11) is 0. The number of hydrogen-bond acceptors (Lipinski definition) is 4. The first-order chi connectivity index (χ1) is 13.5. The molecule has 0 aliphatic carbocycles. The standard InChI is InChI=1S/C19H20Cl2N6O/c1-11-10-27(5-4-22-11)18-15(21)7-13(8-24-18)25-19(28)26-17-9-23-16-3-2-12(20)6-14(16)17/h2-3,6-9,11,22-23H,4-5,10H2,1H3,(H2,25,26,28). The molecule has 1 aromatic carbocycles. The molecule has 146 valence electrons. The molecule has 4 N–H and O–H groups in total. The van der Waals surface area contributed by atoms with Gasteiger partial charge in [-0.3, -0.25) is 0 Å². The van der Waals surface area contributed by atoms with Gasteiger partial charge in [0.05, 0.1) is 22.6 Å². The summed E-state index contributed by atoms with van der Waals surface area (Å²) >= 11 is 12.5. The van der Waals surface area contributed by atoms with Crippen LogP contribution in [0.5, 0.6) is 0 Å². The van der Waals surface area contributed by atoms with Gasteiger partial charge in [0.2, 0.25) is 0 Å². The number of piperazine rings is 1. The van der Waals surface area contributed by atoms with Crippen LogP contribution in [0.1, 0.15) is 6.92 Å². The van der Waals surface area contributed by atoms with E-state index in [-0.39, 0.29) is 6.03 Å². The Balaban J connectivity index is 1.45. The van der Waals surface area contributed by atoms with Gasteiger partial charge in [0.15, 0.2) is 0 Å². The molecule has 1 atom stereocenters. The van der Waals surface area contributed by atoms with Crippen molar-refractivity contribution in [3.63, 3.8) is 0 Å². The van der Waals surface area contributed by atoms with Crippen molar-refractivity contribution in [3.8, 4) is 0 Å². The topological polar surface area (TPSA) is 85.1 Å². The number of rotatable bonds is 3. The number of urea groups is 1. The Labute approximate surface area is 172 Å². The summed E-state index contributed by atoms with van der Waals surface area (Å²) in [5, 5.41) is 10.9. The van der Waals surface area contributed by atoms with Gasteiger partial charge in [-0.05, 0) is 31.2 Å². The highest BCUT2D eigenvalue weighted by Gasteiger charge is 2.19. The highest BCUT2D eigenvalue weighted by molar-refractivity contribution is 6.33. The van der Waals surface area contributed by atoms with Gasteiger partial charge in [-0.25, -0.2) is 9.78 Å². The van der Waals surface area contributed by atoms with E-state index in [1.54, 1.807) is 30.6 Å². The van der Waals surface area contributed by atoms with Crippen molar-refractivity contribution >= 4 is 57.3 Å². The zero-order valence-corrected chi connectivity index (χ0v) is 16.7. The molecule has 0 saturated carbocycles. The molecule has 3 heterocycles. The maximum Gasteiger partial charge on any atom is 0.323 e. The van der Waals surface area contributed by atoms with E-state index in [2.05, 4.69) is 37.7 Å². The second-order valence-electron chi connectivity index (χ2n) is 6.80. The number of nitrogens with one attached hydrogen (secondary N) is 4. The van der Waals surface area contributed by atoms with Crippen LogP contribution in [0, 0.1) is 0 Å². The van der Waals surface area contributed by atoms with Gasteiger partial charge >= 0.3 is 6.03 Å². The third kappa shape index (κ3) is 4.01. The Morgan fingerprint density at radius 2 is 2.14 bits per heavy atom. The van der Waals surface area contributed by atoms with Crippen LogP contribution in [0.4, 0.5) is 22.0 Å². The van der Waals surface area contributed by atoms with E-state index in [4.69, 9.17) is 23.2 Å². The molecule has 28 heavy (non-hydrogen) atoms. The van der Waals surface area contributed by atoms with E-state index in [9.17, 15) is 4.79 Å². The number of carbonyl (C=O) groups is 1. The number of pyridine rings is 1. The predicted octanol–water partition coefficient (Wildman–Crippen LogP) is 4.31. The number of amides is 2. The van der Waals surface area contributed by atoms with Gasteiger partial charge in [0.25, 0.3) is 0 Å². The first kappa shape index (κ1) is 18.9. The molecule has 1 fully saturated rings. The number of fused-ring (bicyclic) bond motifs is 1. The fourth-order valence-electron chi connectivity index (χ4n) is 3.34. The number of halogens is 2. The zero-order valence-electron chi connectivity index (χ0n) is 15.2. The van der Waals surface area contributed by atoms with Gasteiger partial charge in [-0.15, -0.1) is 0 Å². The third-order valence-corrected chi connectivity index (χ3v) is 5.15. The average molecular weight is 419 g/mol. The number of hydrogen-bond donors (Lipinski definition) is 4. The molecule has 7 nitrogen and oxygen atoms in total. The molecule has 4 rings (SSSR count). The van der Waals surface area contributed by atoms with Crippen molar-refractivity contribution in [1.29, 1.82) is 0 Å². The van der Waals surface area contributed by atoms with Crippen molar-refractivity contribution in [2.24, 2.45) is 0 Å². The van der Waals surface area contributed by atoms with E-state index >= 15 is 0 Å². The lowest BCUT2D eigenvalue weighted by atomic mass is 10.2. The number of carbonyl (C=O) groups excluding carboxylic acids is 1. The fraction of sp³-hybridized carbons (Fsp3) is 0.263. The van der Waals surface area contributed by atoms with Gasteiger partial charge in [0, 0.05) is 47.8 Å². The van der Waals surface area contributed by atoms with E-state index in [1.807, 2.05) is 6.07 Å². The second kappa shape index (κ2) is 7.87. The molecule has 0 radical (unpaired) electrons. The molecular formula is C19H20Cl2N6O. The van der Waals surface area contributed by atoms with Crippen molar-refractivity contribution < 1.29 is 4.79 Å². The number of anilines is 3. The maximum absolute atomic E-state index is 12.4. The number of nitrogens with zero attached hydrogens (tertiary/aromatic N) is 2. The van der Waals surface area contributed by atoms with Crippen LogP contribution < -0.4 is 20.9 Å². The first-order valence-corrected chi connectivity index (χ1v) is 9.74. The van der Waals surface area contributed by atoms with Crippen molar-refractivity contribution in [2.45, 2.75) is 13.0 Å². The van der Waals surface area contributed by atoms with Gasteiger partial charge in [-0.2, -0.15) is 0 Å². The summed E-state index contributed by atoms with van der Waals surface area (Å²) in [5.41, 5.74) is 2.05. The number of benzene rings is 1. The summed E-state index contributed by atoms with van der Waals surface area (Å²) in [5.74, 6) is 0.729. The summed E-state index contributed by atoms with van der Waals surface area (Å²) in [4.78, 5) is 22.1. The molecule has 0 spiro atoms. The number of H-pyrrole nitrogens is 1. The van der Waals surface area contributed by atoms with Crippen LogP contribution >= 0.6 is 23.2 Å². The van der Waals surface area contributed by atoms with Crippen LogP contribution in [-0.2, 0) is 0 Å². The Morgan fingerprint density at radius 3 is 2.93 bits per heavy atom. The smallest absolute Gasteiger partial charge is 0.323 e. The lowest BCUT2D eigenvalue weighted by Gasteiger charge is -2.33. The highest BCUT2D eigenvalue weighted by atomic mass is 35.5. The number of aromatic nitrogens is 2. The van der Waals surface area contributed by atoms with Crippen molar-refractivity contribution in [2.75, 3.05) is 35.2 Å². The first-order valence-electron chi connectivity index (χ1n) is 8.98. The van der Waals surface area contributed by atoms with Crippen LogP contribution in [0.2, 0.25) is 10.0 Å². The summed E-state index contributed by atoms with van der Waals surface area (Å²) in [6.07, 6.45) is 3.33. The lowest BCUT2D eigenvalue weighted by Crippen LogP contribution is -2.49. The molecule has 1 saturated heterocycles. The lowest BCUT2D eigenvalue weighted by molar-refractivity contribution is 0.262. The van der Waals surface area contributed by atoms with Gasteiger partial charge < -0.3 is 25.8 Å². The van der Waals surface area contributed by atoms with Crippen molar-refractivity contribution in [3.05, 3.63) is 46.7 Å². The summed E-state index contributed by atoms with van der Waals surface area (Å²) in [6.45, 7) is 4.69. The second-order valence-corrected chi connectivity index (χ2v) is 7.65. The molecule has 3 aromatic rings. The van der Waals surface area contributed by atoms with Gasteiger partial charge in [-0.1, -0.05) is 23.2 Å². The van der Waals surface area contributed by atoms with Gasteiger partial charge in [0.1, 0.15) is 5.82 Å². The minimum absolute atomic E-state index is 0.375. The molecule has 0 bridgehead atoms. The van der Waals surface area contributed by atoms with Crippen molar-refractivity contribution in [1.82, 2.24) is 15.3 Å². The van der Waals surface area contributed by atoms with E-state index in [1.165, 1.54) is 0 Å². The Kier molecular flexibility index (Phi) is 5.30. The fourth-order valence-corrected chi connectivity index (χ4v) is 3.80. The molecule has 9 heteroatoms. The summed E-state index contributed by atoms with van der Waals surface area (Å²) in [6, 6.07) is 7.15. The van der Waals surface area contributed by atoms with Crippen LogP contribution in [0.25, 0.3) is 10.9 Å².